The van der Waals surface area contributed by atoms with E-state index < -0.39 is 6.04 Å². The Morgan fingerprint density at radius 3 is 2.60 bits per heavy atom. The molecule has 0 radical (unpaired) electrons. The molecule has 236 valence electrons. The lowest BCUT2D eigenvalue weighted by Gasteiger charge is -2.40. The van der Waals surface area contributed by atoms with E-state index in [0.717, 1.165) is 62.8 Å². The summed E-state index contributed by atoms with van der Waals surface area (Å²) in [5.41, 5.74) is 4.10. The van der Waals surface area contributed by atoms with Crippen LogP contribution in [0.5, 0.6) is 0 Å². The molecule has 4 aromatic rings. The van der Waals surface area contributed by atoms with Crippen LogP contribution < -0.4 is 10.6 Å². The van der Waals surface area contributed by atoms with Gasteiger partial charge in [0.2, 0.25) is 0 Å². The predicted molar refractivity (Wildman–Crippen MR) is 175 cm³/mol. The minimum atomic E-state index is -0.429. The van der Waals surface area contributed by atoms with Gasteiger partial charge < -0.3 is 15.4 Å². The van der Waals surface area contributed by atoms with Crippen molar-refractivity contribution < 1.29 is 9.13 Å². The topological polar surface area (TPSA) is 104 Å². The Hall–Kier alpha value is -3.78. The highest BCUT2D eigenvalue weighted by atomic mass is 35.5. The third-order valence-corrected chi connectivity index (χ3v) is 9.24. The second kappa shape index (κ2) is 13.3. The first kappa shape index (κ1) is 31.2. The summed E-state index contributed by atoms with van der Waals surface area (Å²) >= 11 is 6.80. The van der Waals surface area contributed by atoms with Gasteiger partial charge in [-0.2, -0.15) is 5.26 Å². The highest BCUT2D eigenvalue weighted by Crippen LogP contribution is 2.36. The Labute approximate surface area is 268 Å². The largest absolute Gasteiger partial charge is 0.381 e. The van der Waals surface area contributed by atoms with Crippen LogP contribution in [-0.4, -0.2) is 62.8 Å². The molecule has 2 saturated heterocycles. The van der Waals surface area contributed by atoms with Gasteiger partial charge in [-0.25, -0.2) is 9.07 Å². The van der Waals surface area contributed by atoms with Gasteiger partial charge in [0.05, 0.1) is 46.2 Å². The van der Waals surface area contributed by atoms with Crippen molar-refractivity contribution in [2.24, 2.45) is 0 Å². The van der Waals surface area contributed by atoms with Crippen LogP contribution in [0.25, 0.3) is 10.9 Å². The second-order valence-electron chi connectivity index (χ2n) is 13.0. The molecule has 2 aromatic heterocycles. The fourth-order valence-electron chi connectivity index (χ4n) is 6.35. The molecular formula is C34H40ClFN8O. The fraction of sp³-hybridized carbons (Fsp3) is 0.471. The number of nitriles is 1. The molecule has 2 N–H and O–H groups in total. The maximum Gasteiger partial charge on any atom is 0.123 e. The van der Waals surface area contributed by atoms with Gasteiger partial charge in [0, 0.05) is 49.1 Å². The van der Waals surface area contributed by atoms with Crippen LogP contribution >= 0.6 is 11.6 Å². The van der Waals surface area contributed by atoms with E-state index in [9.17, 15) is 9.65 Å². The molecule has 2 fully saturated rings. The van der Waals surface area contributed by atoms with Crippen LogP contribution in [0.1, 0.15) is 81.8 Å². The van der Waals surface area contributed by atoms with Crippen molar-refractivity contribution in [1.29, 1.82) is 5.26 Å². The average molecular weight is 631 g/mol. The number of fused-ring (bicyclic) bond motifs is 1. The Morgan fingerprint density at radius 1 is 1.13 bits per heavy atom. The van der Waals surface area contributed by atoms with Gasteiger partial charge in [-0.1, -0.05) is 28.9 Å². The number of hydrogen-bond donors (Lipinski definition) is 2. The zero-order valence-corrected chi connectivity index (χ0v) is 26.8. The molecule has 2 aliphatic heterocycles. The van der Waals surface area contributed by atoms with Crippen molar-refractivity contribution in [3.63, 3.8) is 0 Å². The first-order valence-corrected chi connectivity index (χ1v) is 16.1. The number of hydrogen-bond acceptors (Lipinski definition) is 8. The maximum atomic E-state index is 14.0. The minimum absolute atomic E-state index is 0.0801. The molecular weight excluding hydrogens is 591 g/mol. The number of benzene rings is 2. The number of nitrogens with zero attached hydrogens (tertiary/aromatic N) is 6. The predicted octanol–water partition coefficient (Wildman–Crippen LogP) is 7.11. The Balaban J connectivity index is 1.31. The molecule has 0 aliphatic carbocycles. The van der Waals surface area contributed by atoms with Crippen LogP contribution in [-0.2, 0) is 4.74 Å². The number of halogens is 2. The smallest absolute Gasteiger partial charge is 0.123 e. The van der Waals surface area contributed by atoms with Crippen molar-refractivity contribution in [2.45, 2.75) is 76.6 Å². The van der Waals surface area contributed by atoms with E-state index in [0.29, 0.717) is 39.7 Å². The number of pyridine rings is 1. The molecule has 2 unspecified atom stereocenters. The van der Waals surface area contributed by atoms with Crippen LogP contribution in [0.4, 0.5) is 15.8 Å². The Bertz CT molecular complexity index is 1660. The third-order valence-electron chi connectivity index (χ3n) is 8.95. The second-order valence-corrected chi connectivity index (χ2v) is 13.4. The van der Waals surface area contributed by atoms with Crippen LogP contribution in [0.3, 0.4) is 0 Å². The van der Waals surface area contributed by atoms with Crippen molar-refractivity contribution in [3.8, 4) is 6.07 Å². The quantitative estimate of drug-likeness (QED) is 0.212. The highest BCUT2D eigenvalue weighted by Gasteiger charge is 2.29. The summed E-state index contributed by atoms with van der Waals surface area (Å²) in [6.07, 6.45) is 8.78. The molecule has 2 atom stereocenters. The lowest BCUT2D eigenvalue weighted by Crippen LogP contribution is -2.46. The van der Waals surface area contributed by atoms with Crippen molar-refractivity contribution in [3.05, 3.63) is 76.5 Å². The average Bonchev–Trinajstić information content (AvgIpc) is 3.53. The van der Waals surface area contributed by atoms with Gasteiger partial charge >= 0.3 is 0 Å². The summed E-state index contributed by atoms with van der Waals surface area (Å²) in [6.45, 7) is 10.1. The fourth-order valence-corrected chi connectivity index (χ4v) is 6.62. The molecule has 6 rings (SSSR count). The summed E-state index contributed by atoms with van der Waals surface area (Å²) < 4.78 is 21.9. The summed E-state index contributed by atoms with van der Waals surface area (Å²) in [5.74, 6) is -0.312. The standard InChI is InChI=1S/C34H40ClFN8O/c1-34(2,3)43-13-11-26(12-14-43)44-21-30(41-42-44)32(22-7-9-24(36)10-8-22)40-25-16-28-31(39-20-27-6-4-5-15-45-27)23(18-37)19-38-33(28)29(35)17-25/h7-10,16-17,19,21,26-27,32,40H,4-6,11-15,20H2,1-3H3,(H,38,39). The maximum absolute atomic E-state index is 14.0. The lowest BCUT2D eigenvalue weighted by atomic mass is 9.98. The molecule has 9 nitrogen and oxygen atoms in total. The Morgan fingerprint density at radius 2 is 1.91 bits per heavy atom. The van der Waals surface area contributed by atoms with Crippen LogP contribution in [0.15, 0.2) is 48.8 Å². The molecule has 2 aromatic carbocycles. The summed E-state index contributed by atoms with van der Waals surface area (Å²) in [5, 5.41) is 27.3. The number of aromatic nitrogens is 4. The summed E-state index contributed by atoms with van der Waals surface area (Å²) in [4.78, 5) is 7.01. The van der Waals surface area contributed by atoms with E-state index in [1.165, 1.54) is 12.1 Å². The van der Waals surface area contributed by atoms with Crippen molar-refractivity contribution in [1.82, 2.24) is 24.9 Å². The molecule has 0 bridgehead atoms. The van der Waals surface area contributed by atoms with E-state index >= 15 is 0 Å². The zero-order valence-electron chi connectivity index (χ0n) is 26.1. The van der Waals surface area contributed by atoms with Gasteiger partial charge in [0.15, 0.2) is 0 Å². The molecule has 0 amide bonds. The SMILES string of the molecule is CC(C)(C)N1CCC(n2cc(C(Nc3cc(Cl)c4ncc(C#N)c(NCC5CCCCO5)c4c3)c3ccc(F)cc3)nn2)CC1. The van der Waals surface area contributed by atoms with E-state index in [-0.39, 0.29) is 23.5 Å². The number of likely N-dealkylation sites (tertiary alicyclic amines) is 1. The van der Waals surface area contributed by atoms with Gasteiger partial charge in [-0.3, -0.25) is 9.88 Å². The van der Waals surface area contributed by atoms with E-state index in [1.54, 1.807) is 18.3 Å². The number of anilines is 2. The highest BCUT2D eigenvalue weighted by molar-refractivity contribution is 6.35. The molecule has 0 saturated carbocycles. The molecule has 45 heavy (non-hydrogen) atoms. The first-order valence-electron chi connectivity index (χ1n) is 15.8. The van der Waals surface area contributed by atoms with E-state index in [4.69, 9.17) is 16.3 Å². The number of nitrogens with one attached hydrogen (secondary N) is 2. The molecule has 2 aliphatic rings. The normalized spacial score (nSPS) is 18.9. The van der Waals surface area contributed by atoms with Crippen molar-refractivity contribution >= 4 is 33.9 Å². The monoisotopic (exact) mass is 630 g/mol. The number of ether oxygens (including phenoxy) is 1. The zero-order chi connectivity index (χ0) is 31.6. The number of rotatable bonds is 8. The Kier molecular flexibility index (Phi) is 9.22. The van der Waals surface area contributed by atoms with Gasteiger partial charge in [0.1, 0.15) is 17.6 Å². The van der Waals surface area contributed by atoms with Gasteiger partial charge in [-0.15, -0.1) is 5.10 Å². The lowest BCUT2D eigenvalue weighted by molar-refractivity contribution is 0.0248. The number of piperidine rings is 1. The summed E-state index contributed by atoms with van der Waals surface area (Å²) in [7, 11) is 0. The first-order chi connectivity index (χ1) is 21.7. The third kappa shape index (κ3) is 7.06. The van der Waals surface area contributed by atoms with Crippen molar-refractivity contribution in [2.75, 3.05) is 36.9 Å². The summed E-state index contributed by atoms with van der Waals surface area (Å²) in [6, 6.07) is 12.3. The molecule has 11 heteroatoms. The molecule has 0 spiro atoms. The van der Waals surface area contributed by atoms with Gasteiger partial charge in [0.25, 0.3) is 0 Å². The van der Waals surface area contributed by atoms with Gasteiger partial charge in [-0.05, 0) is 82.7 Å². The van der Waals surface area contributed by atoms with Crippen LogP contribution in [0, 0.1) is 17.1 Å². The minimum Gasteiger partial charge on any atom is -0.381 e. The van der Waals surface area contributed by atoms with E-state index in [2.05, 4.69) is 57.7 Å². The van der Waals surface area contributed by atoms with E-state index in [1.807, 2.05) is 23.0 Å². The van der Waals surface area contributed by atoms with Crippen LogP contribution in [0.2, 0.25) is 5.02 Å². The molecule has 4 heterocycles.